The Morgan fingerprint density at radius 2 is 1.46 bits per heavy atom. The van der Waals surface area contributed by atoms with Gasteiger partial charge in [-0.25, -0.2) is 0 Å². The summed E-state index contributed by atoms with van der Waals surface area (Å²) < 4.78 is 5.83. The number of hydrogen-bond donors (Lipinski definition) is 1. The fraction of sp³-hybridized carbons (Fsp3) is 0.188. The molecule has 0 bridgehead atoms. The van der Waals surface area contributed by atoms with Gasteiger partial charge in [-0.05, 0) is 71.5 Å². The van der Waals surface area contributed by atoms with Crippen LogP contribution in [-0.2, 0) is 13.0 Å². The summed E-state index contributed by atoms with van der Waals surface area (Å²) in [6, 6.07) is 30.6. The van der Waals surface area contributed by atoms with E-state index in [1.807, 2.05) is 47.4 Å². The summed E-state index contributed by atoms with van der Waals surface area (Å²) in [6.07, 6.45) is 0.795. The molecule has 37 heavy (non-hydrogen) atoms. The van der Waals surface area contributed by atoms with Gasteiger partial charge in [0.1, 0.15) is 5.75 Å². The van der Waals surface area contributed by atoms with Gasteiger partial charge in [0.25, 0.3) is 11.8 Å². The van der Waals surface area contributed by atoms with Crippen LogP contribution < -0.4 is 15.0 Å². The van der Waals surface area contributed by atoms with Gasteiger partial charge in [-0.2, -0.15) is 0 Å². The van der Waals surface area contributed by atoms with E-state index >= 15 is 0 Å². The summed E-state index contributed by atoms with van der Waals surface area (Å²) in [5.74, 6) is 0.581. The number of nitrogens with zero attached hydrogens (tertiary/aromatic N) is 1. The van der Waals surface area contributed by atoms with Gasteiger partial charge in [-0.1, -0.05) is 68.4 Å². The van der Waals surface area contributed by atoms with E-state index in [4.69, 9.17) is 4.74 Å². The monoisotopic (exact) mass is 490 g/mol. The highest BCUT2D eigenvalue weighted by Crippen LogP contribution is 2.32. The van der Waals surface area contributed by atoms with E-state index in [1.54, 1.807) is 36.4 Å². The average Bonchev–Trinajstić information content (AvgIpc) is 3.09. The lowest BCUT2D eigenvalue weighted by atomic mass is 10.0. The number of nitrogens with one attached hydrogen (secondary N) is 1. The molecule has 1 aliphatic rings. The zero-order chi connectivity index (χ0) is 25.8. The maximum absolute atomic E-state index is 13.7. The molecular formula is C32H30N2O3. The minimum atomic E-state index is -0.253. The Morgan fingerprint density at radius 3 is 2.22 bits per heavy atom. The van der Waals surface area contributed by atoms with Crippen molar-refractivity contribution in [2.45, 2.75) is 26.8 Å². The smallest absolute Gasteiger partial charge is 0.259 e. The van der Waals surface area contributed by atoms with Gasteiger partial charge in [-0.15, -0.1) is 0 Å². The van der Waals surface area contributed by atoms with Crippen LogP contribution in [0.2, 0.25) is 0 Å². The Bertz CT molecular complexity index is 1430. The fourth-order valence-electron chi connectivity index (χ4n) is 4.54. The zero-order valence-corrected chi connectivity index (χ0v) is 21.1. The Morgan fingerprint density at radius 1 is 0.811 bits per heavy atom. The van der Waals surface area contributed by atoms with Crippen LogP contribution in [0.3, 0.4) is 0 Å². The van der Waals surface area contributed by atoms with Crippen molar-refractivity contribution in [1.29, 1.82) is 0 Å². The molecule has 1 N–H and O–H groups in total. The molecular weight excluding hydrogens is 460 g/mol. The number of carbonyl (C=O) groups is 2. The predicted molar refractivity (Wildman–Crippen MR) is 147 cm³/mol. The lowest BCUT2D eigenvalue weighted by molar-refractivity contribution is 0.0984. The number of benzene rings is 4. The van der Waals surface area contributed by atoms with Gasteiger partial charge >= 0.3 is 0 Å². The summed E-state index contributed by atoms with van der Waals surface area (Å²) >= 11 is 0. The van der Waals surface area contributed by atoms with Crippen molar-refractivity contribution in [1.82, 2.24) is 0 Å². The third-order valence-electron chi connectivity index (χ3n) is 6.45. The number of fused-ring (bicyclic) bond motifs is 2. The van der Waals surface area contributed by atoms with Gasteiger partial charge in [0.2, 0.25) is 0 Å². The second-order valence-electron chi connectivity index (χ2n) is 9.70. The summed E-state index contributed by atoms with van der Waals surface area (Å²) in [5.41, 5.74) is 6.09. The topological polar surface area (TPSA) is 58.6 Å². The highest BCUT2D eigenvalue weighted by Gasteiger charge is 2.24. The molecule has 5 nitrogen and oxygen atoms in total. The molecule has 5 heteroatoms. The first-order valence-corrected chi connectivity index (χ1v) is 12.6. The Labute approximate surface area is 217 Å². The van der Waals surface area contributed by atoms with Crippen molar-refractivity contribution >= 4 is 23.2 Å². The van der Waals surface area contributed by atoms with Crippen molar-refractivity contribution < 1.29 is 14.3 Å². The maximum Gasteiger partial charge on any atom is 0.259 e. The van der Waals surface area contributed by atoms with Crippen molar-refractivity contribution in [3.05, 3.63) is 125 Å². The lowest BCUT2D eigenvalue weighted by Gasteiger charge is -2.23. The SMILES string of the molecule is CC(C)COc1ccccc1C(=O)Nc1ccc(C(=O)N2Cc3ccccc3Cc3ccccc32)cc1. The number of amides is 2. The molecule has 0 radical (unpaired) electrons. The molecule has 0 saturated carbocycles. The largest absolute Gasteiger partial charge is 0.492 e. The molecule has 2 amide bonds. The summed E-state index contributed by atoms with van der Waals surface area (Å²) in [5, 5.41) is 2.93. The van der Waals surface area contributed by atoms with Crippen molar-refractivity contribution in [2.24, 2.45) is 5.92 Å². The Kier molecular flexibility index (Phi) is 7.04. The van der Waals surface area contributed by atoms with Crippen LogP contribution >= 0.6 is 0 Å². The van der Waals surface area contributed by atoms with Gasteiger partial charge in [0, 0.05) is 16.9 Å². The van der Waals surface area contributed by atoms with E-state index in [9.17, 15) is 9.59 Å². The average molecular weight is 491 g/mol. The molecule has 0 atom stereocenters. The van der Waals surface area contributed by atoms with E-state index < -0.39 is 0 Å². The van der Waals surface area contributed by atoms with Crippen LogP contribution in [0, 0.1) is 5.92 Å². The molecule has 186 valence electrons. The number of para-hydroxylation sites is 2. The lowest BCUT2D eigenvalue weighted by Crippen LogP contribution is -2.30. The predicted octanol–water partition coefficient (Wildman–Crippen LogP) is 6.72. The van der Waals surface area contributed by atoms with Gasteiger partial charge in [0.15, 0.2) is 0 Å². The van der Waals surface area contributed by atoms with E-state index in [1.165, 1.54) is 5.56 Å². The Balaban J connectivity index is 1.35. The molecule has 0 aromatic heterocycles. The molecule has 0 fully saturated rings. The summed E-state index contributed by atoms with van der Waals surface area (Å²) in [7, 11) is 0. The van der Waals surface area contributed by atoms with E-state index in [0.717, 1.165) is 23.2 Å². The van der Waals surface area contributed by atoms with Crippen LogP contribution in [0.4, 0.5) is 11.4 Å². The quantitative estimate of drug-likeness (QED) is 0.326. The number of hydrogen-bond acceptors (Lipinski definition) is 3. The first-order chi connectivity index (χ1) is 18.0. The molecule has 4 aromatic rings. The van der Waals surface area contributed by atoms with E-state index in [2.05, 4.69) is 37.4 Å². The molecule has 0 spiro atoms. The third kappa shape index (κ3) is 5.41. The highest BCUT2D eigenvalue weighted by molar-refractivity contribution is 6.08. The minimum Gasteiger partial charge on any atom is -0.492 e. The van der Waals surface area contributed by atoms with E-state index in [0.29, 0.717) is 41.6 Å². The van der Waals surface area contributed by atoms with Gasteiger partial charge < -0.3 is 15.0 Å². The number of ether oxygens (including phenoxy) is 1. The molecule has 4 aromatic carbocycles. The minimum absolute atomic E-state index is 0.0746. The normalized spacial score (nSPS) is 12.4. The first kappa shape index (κ1) is 24.3. The van der Waals surface area contributed by atoms with Crippen LogP contribution in [0.5, 0.6) is 5.75 Å². The second kappa shape index (κ2) is 10.7. The zero-order valence-electron chi connectivity index (χ0n) is 21.1. The van der Waals surface area contributed by atoms with Gasteiger partial charge in [-0.3, -0.25) is 9.59 Å². The van der Waals surface area contributed by atoms with E-state index in [-0.39, 0.29) is 11.8 Å². The molecule has 1 heterocycles. The second-order valence-corrected chi connectivity index (χ2v) is 9.70. The number of carbonyl (C=O) groups excluding carboxylic acids is 2. The third-order valence-corrected chi connectivity index (χ3v) is 6.45. The van der Waals surface area contributed by atoms with Crippen LogP contribution in [0.1, 0.15) is 51.3 Å². The molecule has 0 unspecified atom stereocenters. The fourth-order valence-corrected chi connectivity index (χ4v) is 4.54. The first-order valence-electron chi connectivity index (χ1n) is 12.6. The molecule has 0 saturated heterocycles. The maximum atomic E-state index is 13.7. The van der Waals surface area contributed by atoms with Crippen molar-refractivity contribution in [2.75, 3.05) is 16.8 Å². The van der Waals surface area contributed by atoms with Crippen LogP contribution in [0.15, 0.2) is 97.1 Å². The number of rotatable bonds is 6. The standard InChI is InChI=1S/C32H30N2O3/c1-22(2)21-37-30-14-8-6-12-28(30)31(35)33-27-17-15-23(16-18-27)32(36)34-20-26-11-4-3-9-24(26)19-25-10-5-7-13-29(25)34/h3-18,22H,19-21H2,1-2H3,(H,33,35). The number of anilines is 2. The Hall–Kier alpha value is -4.38. The van der Waals surface area contributed by atoms with Crippen molar-refractivity contribution in [3.8, 4) is 5.75 Å². The molecule has 5 rings (SSSR count). The van der Waals surface area contributed by atoms with Crippen molar-refractivity contribution in [3.63, 3.8) is 0 Å². The molecule has 1 aliphatic heterocycles. The van der Waals surface area contributed by atoms with Crippen LogP contribution in [0.25, 0.3) is 0 Å². The van der Waals surface area contributed by atoms with Crippen LogP contribution in [-0.4, -0.2) is 18.4 Å². The van der Waals surface area contributed by atoms with Gasteiger partial charge in [0.05, 0.1) is 18.7 Å². The molecule has 0 aliphatic carbocycles. The highest BCUT2D eigenvalue weighted by atomic mass is 16.5. The summed E-state index contributed by atoms with van der Waals surface area (Å²) in [6.45, 7) is 5.17. The summed E-state index contributed by atoms with van der Waals surface area (Å²) in [4.78, 5) is 28.5.